The lowest BCUT2D eigenvalue weighted by atomic mass is 10.2. The van der Waals surface area contributed by atoms with Gasteiger partial charge >= 0.3 is 0 Å². The third-order valence-electron chi connectivity index (χ3n) is 3.13. The van der Waals surface area contributed by atoms with Crippen LogP contribution in [0.4, 0.5) is 17.6 Å². The topological polar surface area (TPSA) is 62.8 Å². The second-order valence-electron chi connectivity index (χ2n) is 5.04. The van der Waals surface area contributed by atoms with Crippen molar-refractivity contribution in [2.24, 2.45) is 15.7 Å². The van der Waals surface area contributed by atoms with Crippen LogP contribution in [0, 0.1) is 5.82 Å². The lowest BCUT2D eigenvalue weighted by Gasteiger charge is -2.08. The Balaban J connectivity index is 3.03. The molecule has 0 bridgehead atoms. The molecule has 0 amide bonds. The first-order valence-electron chi connectivity index (χ1n) is 7.61. The quantitative estimate of drug-likeness (QED) is 0.317. The Morgan fingerprint density at radius 1 is 1.35 bits per heavy atom. The zero-order valence-electron chi connectivity index (χ0n) is 14.2. The van der Waals surface area contributed by atoms with Crippen LogP contribution in [0.3, 0.4) is 0 Å². The van der Waals surface area contributed by atoms with Crippen molar-refractivity contribution in [3.8, 4) is 0 Å². The van der Waals surface area contributed by atoms with Gasteiger partial charge in [-0.1, -0.05) is 24.8 Å². The highest BCUT2D eigenvalue weighted by Crippen LogP contribution is 2.10. The number of alkyl halides is 2. The van der Waals surface area contributed by atoms with E-state index in [4.69, 9.17) is 5.73 Å². The summed E-state index contributed by atoms with van der Waals surface area (Å²) in [5.41, 5.74) is 6.04. The number of hydrogen-bond donors (Lipinski definition) is 2. The van der Waals surface area contributed by atoms with Crippen LogP contribution in [0.2, 0.25) is 0 Å². The number of rotatable bonds is 8. The van der Waals surface area contributed by atoms with E-state index in [1.807, 2.05) is 0 Å². The van der Waals surface area contributed by atoms with Crippen LogP contribution in [0.1, 0.15) is 12.0 Å². The standard InChI is InChI=1S/C18H20F4N4/c1-3-13(19)11-26-18(24-2)16(23)8-14(9-17(21)22)25-10-12-6-4-5-7-15(12)20/h3-8,11,17H,1,9-10,23H2,2H3,(H,24,26)/b13-11+,16-8?,25-14?. The maximum absolute atomic E-state index is 13.6. The largest absolute Gasteiger partial charge is 0.396 e. The maximum atomic E-state index is 13.6. The molecule has 0 saturated carbocycles. The highest BCUT2D eigenvalue weighted by atomic mass is 19.3. The highest BCUT2D eigenvalue weighted by molar-refractivity contribution is 6.06. The van der Waals surface area contributed by atoms with Crippen molar-refractivity contribution in [3.63, 3.8) is 0 Å². The molecule has 0 unspecified atom stereocenters. The Morgan fingerprint density at radius 2 is 2.04 bits per heavy atom. The van der Waals surface area contributed by atoms with Crippen LogP contribution < -0.4 is 11.1 Å². The van der Waals surface area contributed by atoms with Gasteiger partial charge in [0.25, 0.3) is 0 Å². The average Bonchev–Trinajstić information content (AvgIpc) is 2.60. The van der Waals surface area contributed by atoms with Gasteiger partial charge in [0.2, 0.25) is 6.43 Å². The summed E-state index contributed by atoms with van der Waals surface area (Å²) in [4.78, 5) is 7.84. The lowest BCUT2D eigenvalue weighted by molar-refractivity contribution is 0.157. The molecule has 0 heterocycles. The SMILES string of the molecule is C=C/C(F)=C\NC(=NC)C(N)=CC(CC(F)F)=NCc1ccccc1F. The van der Waals surface area contributed by atoms with E-state index in [-0.39, 0.29) is 29.4 Å². The van der Waals surface area contributed by atoms with Crippen molar-refractivity contribution in [2.45, 2.75) is 19.4 Å². The number of amidine groups is 1. The van der Waals surface area contributed by atoms with Crippen LogP contribution in [0.5, 0.6) is 0 Å². The minimum absolute atomic E-state index is 0.0199. The number of nitrogens with one attached hydrogen (secondary N) is 1. The number of hydrogen-bond acceptors (Lipinski definition) is 3. The van der Waals surface area contributed by atoms with Gasteiger partial charge in [0, 0.05) is 24.5 Å². The van der Waals surface area contributed by atoms with E-state index in [2.05, 4.69) is 21.9 Å². The molecule has 0 aliphatic heterocycles. The summed E-state index contributed by atoms with van der Waals surface area (Å²) in [6.07, 6.45) is -0.186. The first-order chi connectivity index (χ1) is 12.4. The molecule has 26 heavy (non-hydrogen) atoms. The summed E-state index contributed by atoms with van der Waals surface area (Å²) in [6, 6.07) is 5.91. The summed E-state index contributed by atoms with van der Waals surface area (Å²) >= 11 is 0. The molecule has 0 atom stereocenters. The minimum atomic E-state index is -2.66. The molecule has 1 rings (SSSR count). The van der Waals surface area contributed by atoms with Crippen LogP contribution in [0.25, 0.3) is 0 Å². The minimum Gasteiger partial charge on any atom is -0.396 e. The molecular formula is C18H20F4N4. The molecule has 0 radical (unpaired) electrons. The van der Waals surface area contributed by atoms with E-state index >= 15 is 0 Å². The highest BCUT2D eigenvalue weighted by Gasteiger charge is 2.10. The molecule has 3 N–H and O–H groups in total. The lowest BCUT2D eigenvalue weighted by Crippen LogP contribution is -2.26. The fourth-order valence-electron chi connectivity index (χ4n) is 1.86. The fraction of sp³-hybridized carbons (Fsp3) is 0.222. The Morgan fingerprint density at radius 3 is 2.62 bits per heavy atom. The first kappa shape index (κ1) is 21.1. The van der Waals surface area contributed by atoms with Gasteiger partial charge in [0.05, 0.1) is 18.7 Å². The van der Waals surface area contributed by atoms with Gasteiger partial charge in [-0.05, 0) is 18.2 Å². The molecule has 8 heteroatoms. The molecule has 0 fully saturated rings. The van der Waals surface area contributed by atoms with Crippen LogP contribution in [-0.4, -0.2) is 25.0 Å². The Bertz CT molecular complexity index is 736. The number of aliphatic imine (C=N–C) groups is 2. The second-order valence-corrected chi connectivity index (χ2v) is 5.04. The Labute approximate surface area is 149 Å². The Kier molecular flexibility index (Phi) is 8.83. The van der Waals surface area contributed by atoms with Gasteiger partial charge in [-0.25, -0.2) is 17.6 Å². The van der Waals surface area contributed by atoms with Crippen molar-refractivity contribution in [1.29, 1.82) is 0 Å². The Hall–Kier alpha value is -2.90. The van der Waals surface area contributed by atoms with E-state index in [0.717, 1.165) is 12.3 Å². The summed E-state index contributed by atoms with van der Waals surface area (Å²) < 4.78 is 52.3. The molecule has 1 aromatic rings. The van der Waals surface area contributed by atoms with Crippen LogP contribution >= 0.6 is 0 Å². The van der Waals surface area contributed by atoms with Crippen molar-refractivity contribution >= 4 is 11.5 Å². The van der Waals surface area contributed by atoms with Gasteiger partial charge in [-0.3, -0.25) is 9.98 Å². The van der Waals surface area contributed by atoms with Gasteiger partial charge in [0.15, 0.2) is 0 Å². The van der Waals surface area contributed by atoms with E-state index in [1.165, 1.54) is 31.3 Å². The predicted octanol–water partition coefficient (Wildman–Crippen LogP) is 3.88. The average molecular weight is 368 g/mol. The smallest absolute Gasteiger partial charge is 0.244 e. The van der Waals surface area contributed by atoms with Crippen molar-refractivity contribution in [1.82, 2.24) is 5.32 Å². The zero-order valence-corrected chi connectivity index (χ0v) is 14.2. The molecule has 0 aromatic heterocycles. The van der Waals surface area contributed by atoms with E-state index in [0.29, 0.717) is 0 Å². The summed E-state index contributed by atoms with van der Waals surface area (Å²) in [7, 11) is 1.39. The molecule has 0 spiro atoms. The number of nitrogens with two attached hydrogens (primary N) is 1. The van der Waals surface area contributed by atoms with Gasteiger partial charge < -0.3 is 11.1 Å². The molecule has 0 aliphatic rings. The van der Waals surface area contributed by atoms with Crippen LogP contribution in [0.15, 0.2) is 70.7 Å². The number of benzene rings is 1. The maximum Gasteiger partial charge on any atom is 0.244 e. The number of nitrogens with zero attached hydrogens (tertiary/aromatic N) is 2. The second kappa shape index (κ2) is 10.9. The number of allylic oxidation sites excluding steroid dienone is 3. The van der Waals surface area contributed by atoms with Crippen molar-refractivity contribution in [3.05, 3.63) is 72.1 Å². The van der Waals surface area contributed by atoms with Crippen molar-refractivity contribution < 1.29 is 17.6 Å². The third-order valence-corrected chi connectivity index (χ3v) is 3.13. The van der Waals surface area contributed by atoms with Gasteiger partial charge in [-0.2, -0.15) is 0 Å². The first-order valence-corrected chi connectivity index (χ1v) is 7.61. The zero-order chi connectivity index (χ0) is 19.5. The predicted molar refractivity (Wildman–Crippen MR) is 96.3 cm³/mol. The molecule has 1 aromatic carbocycles. The monoisotopic (exact) mass is 368 g/mol. The molecule has 0 aliphatic carbocycles. The molecule has 0 saturated heterocycles. The normalized spacial score (nSPS) is 13.9. The van der Waals surface area contributed by atoms with E-state index < -0.39 is 24.5 Å². The van der Waals surface area contributed by atoms with Crippen molar-refractivity contribution in [2.75, 3.05) is 7.05 Å². The molecule has 140 valence electrons. The number of halogens is 4. The van der Waals surface area contributed by atoms with Crippen LogP contribution in [-0.2, 0) is 6.54 Å². The van der Waals surface area contributed by atoms with E-state index in [9.17, 15) is 17.6 Å². The van der Waals surface area contributed by atoms with E-state index in [1.54, 1.807) is 6.07 Å². The summed E-state index contributed by atoms with van der Waals surface area (Å²) in [5.74, 6) is -1.07. The molecule has 4 nitrogen and oxygen atoms in total. The summed E-state index contributed by atoms with van der Waals surface area (Å²) in [5, 5.41) is 2.51. The summed E-state index contributed by atoms with van der Waals surface area (Å²) in [6.45, 7) is 3.13. The molecular weight excluding hydrogens is 348 g/mol. The fourth-order valence-corrected chi connectivity index (χ4v) is 1.86. The van der Waals surface area contributed by atoms with Gasteiger partial charge in [-0.15, -0.1) is 0 Å². The third kappa shape index (κ3) is 7.33. The van der Waals surface area contributed by atoms with Gasteiger partial charge in [0.1, 0.15) is 17.5 Å².